The van der Waals surface area contributed by atoms with Crippen molar-refractivity contribution in [2.45, 2.75) is 71.0 Å². The average Bonchev–Trinajstić information content (AvgIpc) is 2.95. The van der Waals surface area contributed by atoms with E-state index in [0.717, 1.165) is 17.4 Å². The Hall–Kier alpha value is -1.12. The van der Waals surface area contributed by atoms with Crippen LogP contribution in [0.25, 0.3) is 0 Å². The monoisotopic (exact) mass is 314 g/mol. The minimum absolute atomic E-state index is 0.566. The molecule has 3 fully saturated rings. The highest BCUT2D eigenvalue weighted by Crippen LogP contribution is 2.49. The van der Waals surface area contributed by atoms with Gasteiger partial charge in [-0.05, 0) is 76.2 Å². The maximum atomic E-state index is 9.97. The Morgan fingerprint density at radius 1 is 1.00 bits per heavy atom. The minimum atomic E-state index is -0.591. The predicted octanol–water partition coefficient (Wildman–Crippen LogP) is 4.46. The van der Waals surface area contributed by atoms with Gasteiger partial charge in [0.05, 0.1) is 12.2 Å². The molecule has 2 unspecified atom stereocenters. The first-order valence-corrected chi connectivity index (χ1v) is 9.07. The molecule has 3 aliphatic carbocycles. The number of allylic oxidation sites excluding steroid dienone is 5. The quantitative estimate of drug-likeness (QED) is 0.702. The second kappa shape index (κ2) is 6.78. The van der Waals surface area contributed by atoms with Gasteiger partial charge >= 0.3 is 0 Å². The zero-order chi connectivity index (χ0) is 16.6. The highest BCUT2D eigenvalue weighted by molar-refractivity contribution is 5.32. The van der Waals surface area contributed by atoms with Gasteiger partial charge in [-0.15, -0.1) is 0 Å². The smallest absolute Gasteiger partial charge is 0.0809 e. The van der Waals surface area contributed by atoms with Gasteiger partial charge in [0.15, 0.2) is 0 Å². The van der Waals surface area contributed by atoms with E-state index >= 15 is 0 Å². The fraction of sp³-hybridized carbons (Fsp3) is 0.619. The van der Waals surface area contributed by atoms with Crippen molar-refractivity contribution >= 4 is 0 Å². The highest BCUT2D eigenvalue weighted by Gasteiger charge is 2.36. The van der Waals surface area contributed by atoms with Crippen LogP contribution in [-0.2, 0) is 0 Å². The summed E-state index contributed by atoms with van der Waals surface area (Å²) in [5.41, 5.74) is 6.52. The lowest BCUT2D eigenvalue weighted by molar-refractivity contribution is 0.123. The molecule has 3 aliphatic rings. The van der Waals surface area contributed by atoms with Crippen LogP contribution in [0, 0.1) is 11.8 Å². The lowest BCUT2D eigenvalue weighted by atomic mass is 9.75. The number of aliphatic hydroxyl groups is 2. The molecule has 0 bridgehead atoms. The largest absolute Gasteiger partial charge is 0.388 e. The molecule has 0 aromatic carbocycles. The van der Waals surface area contributed by atoms with Crippen molar-refractivity contribution in [3.8, 4) is 0 Å². The van der Waals surface area contributed by atoms with Gasteiger partial charge in [-0.25, -0.2) is 0 Å². The number of hydrogen-bond acceptors (Lipinski definition) is 2. The zero-order valence-electron chi connectivity index (χ0n) is 14.5. The molecule has 4 atom stereocenters. The summed E-state index contributed by atoms with van der Waals surface area (Å²) >= 11 is 0. The molecule has 0 heterocycles. The lowest BCUT2D eigenvalue weighted by Gasteiger charge is -2.30. The second-order valence-electron chi connectivity index (χ2n) is 7.75. The number of fused-ring (bicyclic) bond motifs is 1. The van der Waals surface area contributed by atoms with Crippen LogP contribution in [-0.4, -0.2) is 22.4 Å². The molecule has 2 N–H and O–H groups in total. The van der Waals surface area contributed by atoms with Crippen LogP contribution in [0.1, 0.15) is 58.8 Å². The van der Waals surface area contributed by atoms with Gasteiger partial charge in [0.2, 0.25) is 0 Å². The van der Waals surface area contributed by atoms with Crippen molar-refractivity contribution in [2.75, 3.05) is 0 Å². The van der Waals surface area contributed by atoms with Crippen molar-refractivity contribution in [1.82, 2.24) is 0 Å². The van der Waals surface area contributed by atoms with Crippen LogP contribution in [0.15, 0.2) is 46.6 Å². The molecule has 3 saturated carbocycles. The van der Waals surface area contributed by atoms with Gasteiger partial charge in [-0.1, -0.05) is 41.0 Å². The van der Waals surface area contributed by atoms with Crippen LogP contribution in [0.2, 0.25) is 0 Å². The molecule has 0 aliphatic heterocycles. The van der Waals surface area contributed by atoms with Crippen molar-refractivity contribution < 1.29 is 10.2 Å². The molecule has 2 heteroatoms. The number of rotatable bonds is 1. The van der Waals surface area contributed by atoms with E-state index in [4.69, 9.17) is 0 Å². The van der Waals surface area contributed by atoms with E-state index in [1.807, 2.05) is 0 Å². The van der Waals surface area contributed by atoms with Crippen LogP contribution in [0.3, 0.4) is 0 Å². The van der Waals surface area contributed by atoms with E-state index in [9.17, 15) is 10.2 Å². The SMILES string of the molecule is C=C1[C@H](O)CC(=CC=C2CCCC3C(=C(C)C)CCC23)C[C@H]1O. The van der Waals surface area contributed by atoms with Gasteiger partial charge in [-0.3, -0.25) is 0 Å². The van der Waals surface area contributed by atoms with Gasteiger partial charge in [0.25, 0.3) is 0 Å². The summed E-state index contributed by atoms with van der Waals surface area (Å²) in [7, 11) is 0. The molecule has 0 spiro atoms. The van der Waals surface area contributed by atoms with Crippen molar-refractivity contribution in [2.24, 2.45) is 11.8 Å². The molecule has 0 amide bonds. The van der Waals surface area contributed by atoms with Gasteiger partial charge < -0.3 is 10.2 Å². The van der Waals surface area contributed by atoms with Crippen LogP contribution in [0.5, 0.6) is 0 Å². The fourth-order valence-corrected chi connectivity index (χ4v) is 4.72. The fourth-order valence-electron chi connectivity index (χ4n) is 4.72. The van der Waals surface area contributed by atoms with Crippen LogP contribution >= 0.6 is 0 Å². The topological polar surface area (TPSA) is 40.5 Å². The Labute approximate surface area is 140 Å². The summed E-state index contributed by atoms with van der Waals surface area (Å²) in [6.07, 6.45) is 10.9. The Morgan fingerprint density at radius 2 is 1.70 bits per heavy atom. The second-order valence-corrected chi connectivity index (χ2v) is 7.75. The maximum absolute atomic E-state index is 9.97. The first-order chi connectivity index (χ1) is 11.0. The normalized spacial score (nSPS) is 36.3. The van der Waals surface area contributed by atoms with E-state index in [1.54, 1.807) is 11.1 Å². The van der Waals surface area contributed by atoms with Crippen LogP contribution < -0.4 is 0 Å². The van der Waals surface area contributed by atoms with E-state index in [0.29, 0.717) is 18.4 Å². The zero-order valence-corrected chi connectivity index (χ0v) is 14.5. The van der Waals surface area contributed by atoms with Gasteiger partial charge in [0.1, 0.15) is 0 Å². The standard InChI is InChI=1S/C21H30O2/c1-13(2)17-9-10-18-16(5-4-6-19(17)18)8-7-15-11-20(22)14(3)21(23)12-15/h7-8,18-23H,3-6,9-12H2,1-2H3/t18?,19?,20-,21-/m1/s1. The highest BCUT2D eigenvalue weighted by atomic mass is 16.3. The molecule has 2 nitrogen and oxygen atoms in total. The average molecular weight is 314 g/mol. The van der Waals surface area contributed by atoms with E-state index < -0.39 is 12.2 Å². The summed E-state index contributed by atoms with van der Waals surface area (Å²) in [6.45, 7) is 8.30. The lowest BCUT2D eigenvalue weighted by Crippen LogP contribution is -2.27. The van der Waals surface area contributed by atoms with Gasteiger partial charge in [0, 0.05) is 0 Å². The molecule has 3 rings (SSSR count). The molecule has 0 saturated heterocycles. The molecular weight excluding hydrogens is 284 g/mol. The van der Waals surface area contributed by atoms with E-state index in [1.165, 1.54) is 37.7 Å². The van der Waals surface area contributed by atoms with Gasteiger partial charge in [-0.2, -0.15) is 0 Å². The molecule has 23 heavy (non-hydrogen) atoms. The first kappa shape index (κ1) is 16.7. The summed E-state index contributed by atoms with van der Waals surface area (Å²) < 4.78 is 0. The Kier molecular flexibility index (Phi) is 4.93. The van der Waals surface area contributed by atoms with Crippen LogP contribution in [0.4, 0.5) is 0 Å². The summed E-state index contributed by atoms with van der Waals surface area (Å²) in [5, 5.41) is 19.9. The summed E-state index contributed by atoms with van der Waals surface area (Å²) in [6, 6.07) is 0. The third-order valence-electron chi connectivity index (χ3n) is 6.06. The number of aliphatic hydroxyl groups excluding tert-OH is 2. The van der Waals surface area contributed by atoms with E-state index in [-0.39, 0.29) is 0 Å². The minimum Gasteiger partial charge on any atom is -0.388 e. The Bertz CT molecular complexity index is 559. The molecule has 0 aromatic heterocycles. The predicted molar refractivity (Wildman–Crippen MR) is 95.0 cm³/mol. The third kappa shape index (κ3) is 3.39. The molecule has 0 aromatic rings. The summed E-state index contributed by atoms with van der Waals surface area (Å²) in [5.74, 6) is 1.49. The Balaban J connectivity index is 1.76. The summed E-state index contributed by atoms with van der Waals surface area (Å²) in [4.78, 5) is 0. The maximum Gasteiger partial charge on any atom is 0.0809 e. The third-order valence-corrected chi connectivity index (χ3v) is 6.06. The first-order valence-electron chi connectivity index (χ1n) is 9.07. The van der Waals surface area contributed by atoms with E-state index in [2.05, 4.69) is 32.6 Å². The number of hydrogen-bond donors (Lipinski definition) is 2. The van der Waals surface area contributed by atoms with Crippen molar-refractivity contribution in [3.05, 3.63) is 46.6 Å². The van der Waals surface area contributed by atoms with Crippen molar-refractivity contribution in [1.29, 1.82) is 0 Å². The van der Waals surface area contributed by atoms with Crippen molar-refractivity contribution in [3.63, 3.8) is 0 Å². The Morgan fingerprint density at radius 3 is 2.35 bits per heavy atom. The molecule has 0 radical (unpaired) electrons. The molecule has 126 valence electrons. The molecular formula is C21H30O2.